The molecule has 1 unspecified atom stereocenters. The third-order valence-corrected chi connectivity index (χ3v) is 6.29. The highest BCUT2D eigenvalue weighted by Gasteiger charge is 2.94. The number of hydrogen-bond acceptors (Lipinski definition) is 1. The lowest BCUT2D eigenvalue weighted by molar-refractivity contribution is -0.439. The molecular weight excluding hydrogens is 567 g/mol. The Balaban J connectivity index is 2.31. The van der Waals surface area contributed by atoms with Crippen LogP contribution >= 0.6 is 0 Å². The zero-order chi connectivity index (χ0) is 28.6. The van der Waals surface area contributed by atoms with E-state index in [1.54, 1.807) is 0 Å². The number of rotatable bonds is 1. The maximum atomic E-state index is 15.9. The minimum absolute atomic E-state index is 2.62. The first kappa shape index (κ1) is 27.3. The second kappa shape index (κ2) is 6.99. The predicted octanol–water partition coefficient (Wildman–Crippen LogP) is 6.67. The number of halogens is 17. The van der Waals surface area contributed by atoms with Gasteiger partial charge >= 0.3 is 23.7 Å². The monoisotopic (exact) mass is 570 g/mol. The highest BCUT2D eigenvalue weighted by Crippen LogP contribution is 2.71. The number of aliphatic hydroxyl groups is 1. The van der Waals surface area contributed by atoms with Crippen molar-refractivity contribution in [3.05, 3.63) is 57.7 Å². The summed E-state index contributed by atoms with van der Waals surface area (Å²) in [5.41, 5.74) is -23.8. The molecule has 1 fully saturated rings. The van der Waals surface area contributed by atoms with Gasteiger partial charge in [-0.3, -0.25) is 0 Å². The van der Waals surface area contributed by atoms with E-state index in [0.717, 1.165) is 0 Å². The molecule has 1 saturated carbocycles. The number of fused-ring (bicyclic) bond motifs is 3. The van der Waals surface area contributed by atoms with Crippen molar-refractivity contribution in [1.82, 2.24) is 0 Å². The van der Waals surface area contributed by atoms with E-state index >= 15 is 4.39 Å². The van der Waals surface area contributed by atoms with Crippen LogP contribution in [-0.4, -0.2) is 34.5 Å². The van der Waals surface area contributed by atoms with Crippen molar-refractivity contribution in [1.29, 1.82) is 0 Å². The molecule has 0 heterocycles. The molecule has 0 aromatic heterocycles. The first-order valence-corrected chi connectivity index (χ1v) is 9.14. The third kappa shape index (κ3) is 2.57. The molecule has 0 bridgehead atoms. The molecule has 204 valence electrons. The molecule has 0 radical (unpaired) electrons. The van der Waals surface area contributed by atoms with Crippen molar-refractivity contribution >= 4 is 0 Å². The topological polar surface area (TPSA) is 20.2 Å². The molecule has 2 aliphatic carbocycles. The largest absolute Gasteiger partial charge is 0.381 e. The van der Waals surface area contributed by atoms with Crippen molar-refractivity contribution in [2.75, 3.05) is 0 Å². The summed E-state index contributed by atoms with van der Waals surface area (Å²) in [5.74, 6) is -54.4. The molecule has 2 aliphatic rings. The Morgan fingerprint density at radius 3 is 1.11 bits per heavy atom. The molecule has 0 aliphatic heterocycles. The third-order valence-electron chi connectivity index (χ3n) is 6.29. The van der Waals surface area contributed by atoms with Crippen LogP contribution in [0.25, 0.3) is 11.1 Å². The van der Waals surface area contributed by atoms with Gasteiger partial charge in [-0.15, -0.1) is 0 Å². The SMILES string of the molecule is OC1(C2(F)CC(F)(F)C(F)(F)C(F)(F)C2(F)F)c2c(F)c(F)c(F)c(F)c2-c2c(F)c(F)c(F)c(F)c21. The van der Waals surface area contributed by atoms with Crippen LogP contribution in [-0.2, 0) is 5.60 Å². The van der Waals surface area contributed by atoms with Gasteiger partial charge in [-0.05, 0) is 0 Å². The van der Waals surface area contributed by atoms with Gasteiger partial charge in [0.15, 0.2) is 52.1 Å². The van der Waals surface area contributed by atoms with Gasteiger partial charge < -0.3 is 5.11 Å². The van der Waals surface area contributed by atoms with E-state index in [1.807, 2.05) is 0 Å². The fourth-order valence-corrected chi connectivity index (χ4v) is 4.49. The second-order valence-corrected chi connectivity index (χ2v) is 8.13. The summed E-state index contributed by atoms with van der Waals surface area (Å²) in [6.45, 7) is 0. The lowest BCUT2D eigenvalue weighted by atomic mass is 9.63. The van der Waals surface area contributed by atoms with E-state index in [4.69, 9.17) is 0 Å². The van der Waals surface area contributed by atoms with Gasteiger partial charge in [0.1, 0.15) is 0 Å². The van der Waals surface area contributed by atoms with Gasteiger partial charge in [-0.1, -0.05) is 0 Å². The Kier molecular flexibility index (Phi) is 5.15. The lowest BCUT2D eigenvalue weighted by Gasteiger charge is -2.53. The van der Waals surface area contributed by atoms with Crippen LogP contribution in [0.3, 0.4) is 0 Å². The number of alkyl halides is 9. The number of benzene rings is 2. The van der Waals surface area contributed by atoms with E-state index in [9.17, 15) is 75.4 Å². The van der Waals surface area contributed by atoms with E-state index < -0.39 is 110 Å². The summed E-state index contributed by atoms with van der Waals surface area (Å²) in [6, 6.07) is 0. The molecule has 18 heteroatoms. The molecular formula is C19H3F17O. The van der Waals surface area contributed by atoms with Crippen LogP contribution in [0.15, 0.2) is 0 Å². The maximum absolute atomic E-state index is 15.9. The second-order valence-electron chi connectivity index (χ2n) is 8.13. The number of hydrogen-bond donors (Lipinski definition) is 1. The normalized spacial score (nSPS) is 26.1. The molecule has 1 atom stereocenters. The summed E-state index contributed by atoms with van der Waals surface area (Å²) < 4.78 is 242. The first-order valence-electron chi connectivity index (χ1n) is 9.14. The Bertz CT molecular complexity index is 1310. The van der Waals surface area contributed by atoms with Gasteiger partial charge in [0.05, 0.1) is 6.42 Å². The Morgan fingerprint density at radius 2 is 0.757 bits per heavy atom. The Labute approximate surface area is 191 Å². The minimum atomic E-state index is -7.59. The van der Waals surface area contributed by atoms with Crippen LogP contribution in [0.5, 0.6) is 0 Å². The summed E-state index contributed by atoms with van der Waals surface area (Å²) in [6.07, 6.45) is -4.04. The Hall–Kier alpha value is -2.79. The van der Waals surface area contributed by atoms with E-state index in [1.165, 1.54) is 0 Å². The highest BCUT2D eigenvalue weighted by atomic mass is 19.4. The Morgan fingerprint density at radius 1 is 0.432 bits per heavy atom. The van der Waals surface area contributed by atoms with Gasteiger partial charge in [0.2, 0.25) is 5.67 Å². The first-order chi connectivity index (χ1) is 16.5. The quantitative estimate of drug-likeness (QED) is 0.231. The van der Waals surface area contributed by atoms with Gasteiger partial charge in [-0.2, -0.15) is 35.1 Å². The molecule has 4 rings (SSSR count). The smallest absolute Gasteiger partial charge is 0.376 e. The van der Waals surface area contributed by atoms with Crippen molar-refractivity contribution in [3.63, 3.8) is 0 Å². The minimum Gasteiger partial charge on any atom is -0.376 e. The molecule has 0 spiro atoms. The van der Waals surface area contributed by atoms with Crippen molar-refractivity contribution in [2.24, 2.45) is 0 Å². The zero-order valence-electron chi connectivity index (χ0n) is 16.6. The standard InChI is InChI=1S/C19H3F17O/c20-6-2-3-5(9(23)13(27)11(25)7(3)21)16(37,4(2)8(22)12(26)10(6)24)14(28)1-15(29,30)18(33,34)19(35,36)17(14,31)32/h37H,1H2. The van der Waals surface area contributed by atoms with Crippen LogP contribution in [0.1, 0.15) is 17.5 Å². The molecule has 37 heavy (non-hydrogen) atoms. The van der Waals surface area contributed by atoms with Crippen LogP contribution in [0.4, 0.5) is 74.6 Å². The summed E-state index contributed by atoms with van der Waals surface area (Å²) in [5, 5.41) is 10.7. The molecule has 1 N–H and O–H groups in total. The average molecular weight is 570 g/mol. The van der Waals surface area contributed by atoms with Crippen LogP contribution in [0, 0.1) is 46.5 Å². The van der Waals surface area contributed by atoms with Gasteiger partial charge in [0.25, 0.3) is 0 Å². The molecule has 0 saturated heterocycles. The molecule has 1 nitrogen and oxygen atoms in total. The summed E-state index contributed by atoms with van der Waals surface area (Å²) in [7, 11) is 0. The predicted molar refractivity (Wildman–Crippen MR) is 82.8 cm³/mol. The molecule has 2 aromatic carbocycles. The average Bonchev–Trinajstić information content (AvgIpc) is 3.07. The van der Waals surface area contributed by atoms with Crippen molar-refractivity contribution in [2.45, 2.75) is 41.4 Å². The molecule has 2 aromatic rings. The van der Waals surface area contributed by atoms with Gasteiger partial charge in [0, 0.05) is 22.3 Å². The lowest BCUT2D eigenvalue weighted by Crippen LogP contribution is -2.79. The fraction of sp³-hybridized carbons (Fsp3) is 0.368. The summed E-state index contributed by atoms with van der Waals surface area (Å²) in [4.78, 5) is 0. The van der Waals surface area contributed by atoms with Crippen LogP contribution < -0.4 is 0 Å². The molecule has 0 amide bonds. The zero-order valence-corrected chi connectivity index (χ0v) is 16.6. The maximum Gasteiger partial charge on any atom is 0.381 e. The highest BCUT2D eigenvalue weighted by molar-refractivity contribution is 5.83. The fourth-order valence-electron chi connectivity index (χ4n) is 4.49. The van der Waals surface area contributed by atoms with Gasteiger partial charge in [-0.25, -0.2) is 39.5 Å². The van der Waals surface area contributed by atoms with Crippen molar-refractivity contribution in [3.8, 4) is 11.1 Å². The van der Waals surface area contributed by atoms with E-state index in [-0.39, 0.29) is 0 Å². The summed E-state index contributed by atoms with van der Waals surface area (Å²) >= 11 is 0. The van der Waals surface area contributed by atoms with E-state index in [0.29, 0.717) is 0 Å². The van der Waals surface area contributed by atoms with E-state index in [2.05, 4.69) is 0 Å². The van der Waals surface area contributed by atoms with Crippen molar-refractivity contribution < 1.29 is 79.7 Å². The van der Waals surface area contributed by atoms with Crippen LogP contribution in [0.2, 0.25) is 0 Å².